The molecule has 152 valence electrons. The molecule has 0 amide bonds. The van der Waals surface area contributed by atoms with Gasteiger partial charge in [-0.3, -0.25) is 0 Å². The maximum Gasteiger partial charge on any atom is 0.416 e. The Bertz CT molecular complexity index is 790. The van der Waals surface area contributed by atoms with Crippen LogP contribution in [0.2, 0.25) is 0 Å². The van der Waals surface area contributed by atoms with E-state index in [4.69, 9.17) is 4.74 Å². The van der Waals surface area contributed by atoms with Gasteiger partial charge in [-0.2, -0.15) is 13.2 Å². The lowest BCUT2D eigenvalue weighted by atomic mass is 10.1. The van der Waals surface area contributed by atoms with Gasteiger partial charge in [0, 0.05) is 18.2 Å². The third-order valence-electron chi connectivity index (χ3n) is 3.48. The topological polar surface area (TPSA) is 52.4 Å². The van der Waals surface area contributed by atoms with Gasteiger partial charge < -0.3 is 14.4 Å². The first-order chi connectivity index (χ1) is 13.3. The summed E-state index contributed by atoms with van der Waals surface area (Å²) in [5.74, 6) is 0.822. The Balaban J connectivity index is 0.000000283. The molecule has 5 nitrogen and oxygen atoms in total. The summed E-state index contributed by atoms with van der Waals surface area (Å²) in [5.41, 5.74) is 1.74. The van der Waals surface area contributed by atoms with Gasteiger partial charge in [-0.25, -0.2) is 0 Å². The van der Waals surface area contributed by atoms with Crippen LogP contribution in [0.25, 0.3) is 0 Å². The maximum absolute atomic E-state index is 12.3. The average Bonchev–Trinajstić information content (AvgIpc) is 2.68. The first kappa shape index (κ1) is 23.0. The van der Waals surface area contributed by atoms with E-state index >= 15 is 0 Å². The molecule has 0 saturated carbocycles. The second kappa shape index (κ2) is 11.6. The Morgan fingerprint density at radius 1 is 1.00 bits per heavy atom. The molecule has 0 bridgehead atoms. The van der Waals surface area contributed by atoms with Crippen LogP contribution in [0.5, 0.6) is 5.75 Å². The molecule has 0 aliphatic rings. The molecule has 0 radical (unpaired) electrons. The van der Waals surface area contributed by atoms with Crippen LogP contribution in [-0.4, -0.2) is 33.3 Å². The molecule has 28 heavy (non-hydrogen) atoms. The first-order valence-electron chi connectivity index (χ1n) is 8.25. The Labute approximate surface area is 162 Å². The van der Waals surface area contributed by atoms with E-state index in [1.54, 1.807) is 13.2 Å². The molecule has 2 rings (SSSR count). The van der Waals surface area contributed by atoms with Gasteiger partial charge in [0.05, 0.1) is 18.4 Å². The molecule has 0 unspecified atom stereocenters. The number of hydrogen-bond donors (Lipinski definition) is 0. The van der Waals surface area contributed by atoms with Crippen LogP contribution in [0.15, 0.2) is 58.8 Å². The number of nitrogens with zero attached hydrogens (tertiary/aromatic N) is 2. The molecule has 8 heteroatoms. The van der Waals surface area contributed by atoms with Crippen molar-refractivity contribution in [3.8, 4) is 5.75 Å². The molecule has 0 heterocycles. The minimum atomic E-state index is -4.30. The summed E-state index contributed by atoms with van der Waals surface area (Å²) in [7, 11) is 4.55. The number of ether oxygens (including phenoxy) is 1. The molecule has 0 fully saturated rings. The summed E-state index contributed by atoms with van der Waals surface area (Å²) in [6, 6.07) is 12.8. The number of oxime groups is 2. The molecule has 0 saturated heterocycles. The Morgan fingerprint density at radius 3 is 2.32 bits per heavy atom. The molecule has 0 N–H and O–H groups in total. The fraction of sp³-hybridized carbons (Fsp3) is 0.300. The van der Waals surface area contributed by atoms with Crippen LogP contribution < -0.4 is 4.74 Å². The van der Waals surface area contributed by atoms with Gasteiger partial charge in [0.2, 0.25) is 0 Å². The van der Waals surface area contributed by atoms with E-state index in [0.717, 1.165) is 29.2 Å². The smallest absolute Gasteiger partial charge is 0.416 e. The van der Waals surface area contributed by atoms with Crippen molar-refractivity contribution in [1.29, 1.82) is 0 Å². The fourth-order valence-electron chi connectivity index (χ4n) is 2.13. The average molecular weight is 396 g/mol. The van der Waals surface area contributed by atoms with E-state index in [-0.39, 0.29) is 0 Å². The van der Waals surface area contributed by atoms with Crippen LogP contribution >= 0.6 is 0 Å². The molecule has 0 atom stereocenters. The van der Waals surface area contributed by atoms with Gasteiger partial charge >= 0.3 is 6.18 Å². The third kappa shape index (κ3) is 8.11. The summed E-state index contributed by atoms with van der Waals surface area (Å²) in [6.07, 6.45) is -2.57. The number of halogens is 3. The van der Waals surface area contributed by atoms with Crippen LogP contribution in [0.1, 0.15) is 23.6 Å². The Morgan fingerprint density at radius 2 is 1.71 bits per heavy atom. The molecular formula is C20H23F3N2O3. The van der Waals surface area contributed by atoms with Crippen molar-refractivity contribution in [1.82, 2.24) is 0 Å². The zero-order valence-electron chi connectivity index (χ0n) is 16.2. The van der Waals surface area contributed by atoms with Crippen molar-refractivity contribution in [3.63, 3.8) is 0 Å². The first-order valence-corrected chi connectivity index (χ1v) is 8.25. The van der Waals surface area contributed by atoms with E-state index in [0.29, 0.717) is 12.0 Å². The standard InChI is InChI=1S/C10H10F3NO.C10H13NO2/c1-15-14-6-5-8-3-2-4-9(7-8)10(11,12)13;1-8(11-13-3)9-5-4-6-10(7-9)12-2/h2-4,6-7H,5H2,1H3;4-7H,1-3H3. The van der Waals surface area contributed by atoms with Gasteiger partial charge in [0.1, 0.15) is 20.0 Å². The molecule has 0 spiro atoms. The summed E-state index contributed by atoms with van der Waals surface area (Å²) < 4.78 is 42.0. The molecule has 2 aromatic carbocycles. The second-order valence-corrected chi connectivity index (χ2v) is 5.46. The number of hydrogen-bond acceptors (Lipinski definition) is 5. The Hall–Kier alpha value is -3.03. The highest BCUT2D eigenvalue weighted by Crippen LogP contribution is 2.29. The second-order valence-electron chi connectivity index (χ2n) is 5.46. The number of methoxy groups -OCH3 is 1. The van der Waals surface area contributed by atoms with Gasteiger partial charge in [-0.05, 0) is 30.7 Å². The molecule has 0 aliphatic carbocycles. The lowest BCUT2D eigenvalue weighted by Crippen LogP contribution is -2.05. The van der Waals surface area contributed by atoms with Crippen molar-refractivity contribution in [2.45, 2.75) is 19.5 Å². The zero-order chi connectivity index (χ0) is 21.0. The normalized spacial score (nSPS) is 11.6. The van der Waals surface area contributed by atoms with Gasteiger partial charge in [-0.1, -0.05) is 40.6 Å². The maximum atomic E-state index is 12.3. The van der Waals surface area contributed by atoms with E-state index in [9.17, 15) is 13.2 Å². The molecule has 0 aliphatic heterocycles. The minimum absolute atomic E-state index is 0.317. The van der Waals surface area contributed by atoms with E-state index in [1.807, 2.05) is 31.2 Å². The highest BCUT2D eigenvalue weighted by molar-refractivity contribution is 5.98. The highest BCUT2D eigenvalue weighted by Gasteiger charge is 2.30. The van der Waals surface area contributed by atoms with Gasteiger partial charge in [0.15, 0.2) is 0 Å². The monoisotopic (exact) mass is 396 g/mol. The summed E-state index contributed by atoms with van der Waals surface area (Å²) in [6.45, 7) is 1.89. The highest BCUT2D eigenvalue weighted by atomic mass is 19.4. The van der Waals surface area contributed by atoms with Gasteiger partial charge in [0.25, 0.3) is 0 Å². The number of alkyl halides is 3. The predicted octanol–water partition coefficient (Wildman–Crippen LogP) is 4.95. The predicted molar refractivity (Wildman–Crippen MR) is 103 cm³/mol. The van der Waals surface area contributed by atoms with Crippen molar-refractivity contribution in [2.75, 3.05) is 21.3 Å². The molecule has 2 aromatic rings. The molecular weight excluding hydrogens is 373 g/mol. The Kier molecular flexibility index (Phi) is 9.56. The van der Waals surface area contributed by atoms with Crippen LogP contribution in [0.4, 0.5) is 13.2 Å². The lowest BCUT2D eigenvalue weighted by molar-refractivity contribution is -0.137. The summed E-state index contributed by atoms with van der Waals surface area (Å²) in [4.78, 5) is 9.09. The van der Waals surface area contributed by atoms with E-state index < -0.39 is 11.7 Å². The van der Waals surface area contributed by atoms with Crippen molar-refractivity contribution in [3.05, 3.63) is 65.2 Å². The number of benzene rings is 2. The largest absolute Gasteiger partial charge is 0.497 e. The quantitative estimate of drug-likeness (QED) is 0.513. The van der Waals surface area contributed by atoms with Crippen molar-refractivity contribution >= 4 is 11.9 Å². The van der Waals surface area contributed by atoms with Crippen LogP contribution in [0, 0.1) is 0 Å². The summed E-state index contributed by atoms with van der Waals surface area (Å²) >= 11 is 0. The van der Waals surface area contributed by atoms with E-state index in [1.165, 1.54) is 26.5 Å². The van der Waals surface area contributed by atoms with Gasteiger partial charge in [-0.15, -0.1) is 0 Å². The van der Waals surface area contributed by atoms with Crippen molar-refractivity contribution < 1.29 is 27.6 Å². The van der Waals surface area contributed by atoms with Crippen molar-refractivity contribution in [2.24, 2.45) is 10.3 Å². The summed E-state index contributed by atoms with van der Waals surface area (Å²) in [5, 5.41) is 7.28. The third-order valence-corrected chi connectivity index (χ3v) is 3.48. The SMILES string of the molecule is CON=C(C)c1cccc(OC)c1.CON=CCc1cccc(C(F)(F)F)c1. The van der Waals surface area contributed by atoms with Crippen LogP contribution in [-0.2, 0) is 22.3 Å². The number of rotatable bonds is 6. The lowest BCUT2D eigenvalue weighted by Gasteiger charge is -2.07. The van der Waals surface area contributed by atoms with Crippen LogP contribution in [0.3, 0.4) is 0 Å². The molecule has 0 aromatic heterocycles. The zero-order valence-corrected chi connectivity index (χ0v) is 16.2. The minimum Gasteiger partial charge on any atom is -0.497 e. The van der Waals surface area contributed by atoms with E-state index in [2.05, 4.69) is 20.0 Å². The fourth-order valence-corrected chi connectivity index (χ4v) is 2.13.